The second-order valence-electron chi connectivity index (χ2n) is 3.91. The van der Waals surface area contributed by atoms with Crippen molar-refractivity contribution in [3.63, 3.8) is 0 Å². The van der Waals surface area contributed by atoms with Gasteiger partial charge >= 0.3 is 0 Å². The molecular formula is C9H10N2O4S. The van der Waals surface area contributed by atoms with Crippen LogP contribution in [0.2, 0.25) is 0 Å². The molecule has 0 unspecified atom stereocenters. The first-order valence-corrected chi connectivity index (χ1v) is 6.31. The average Bonchev–Trinajstić information content (AvgIpc) is 2.33. The zero-order valence-electron chi connectivity index (χ0n) is 8.34. The van der Waals surface area contributed by atoms with Gasteiger partial charge in [-0.15, -0.1) is 0 Å². The molecule has 3 rings (SSSR count). The van der Waals surface area contributed by atoms with E-state index < -0.39 is 15.6 Å². The lowest BCUT2D eigenvalue weighted by molar-refractivity contribution is -0.158. The van der Waals surface area contributed by atoms with Gasteiger partial charge in [-0.3, -0.25) is 0 Å². The molecule has 0 atom stereocenters. The first kappa shape index (κ1) is 10.0. The van der Waals surface area contributed by atoms with Crippen LogP contribution in [0.5, 0.6) is 5.88 Å². The Morgan fingerprint density at radius 2 is 2.25 bits per heavy atom. The Morgan fingerprint density at radius 3 is 2.94 bits per heavy atom. The minimum absolute atomic E-state index is 0.0822. The molecule has 2 aliphatic rings. The standard InChI is InChI=1S/C9H10N2O4S/c12-16(13)7-2-1-3-10-8(7)15-9(4-11-16)5-14-6-9/h1-3,11H,4-6H2. The number of ether oxygens (including phenoxy) is 2. The van der Waals surface area contributed by atoms with E-state index in [9.17, 15) is 8.42 Å². The van der Waals surface area contributed by atoms with E-state index in [1.165, 1.54) is 12.3 Å². The van der Waals surface area contributed by atoms with E-state index in [-0.39, 0.29) is 17.3 Å². The zero-order chi connectivity index (χ0) is 11.2. The van der Waals surface area contributed by atoms with Gasteiger partial charge in [0, 0.05) is 6.20 Å². The highest BCUT2D eigenvalue weighted by molar-refractivity contribution is 7.89. The lowest BCUT2D eigenvalue weighted by Gasteiger charge is -2.39. The van der Waals surface area contributed by atoms with E-state index >= 15 is 0 Å². The highest BCUT2D eigenvalue weighted by Crippen LogP contribution is 2.31. The summed E-state index contributed by atoms with van der Waals surface area (Å²) in [5.41, 5.74) is -0.591. The number of aromatic nitrogens is 1. The van der Waals surface area contributed by atoms with Crippen LogP contribution in [-0.2, 0) is 14.8 Å². The van der Waals surface area contributed by atoms with Crippen molar-refractivity contribution < 1.29 is 17.9 Å². The summed E-state index contributed by atoms with van der Waals surface area (Å²) in [4.78, 5) is 4.04. The minimum Gasteiger partial charge on any atom is -0.464 e. The van der Waals surface area contributed by atoms with Crippen LogP contribution in [-0.4, -0.2) is 38.8 Å². The Kier molecular flexibility index (Phi) is 1.97. The smallest absolute Gasteiger partial charge is 0.246 e. The molecule has 0 saturated carbocycles. The average molecular weight is 242 g/mol. The van der Waals surface area contributed by atoms with Gasteiger partial charge in [-0.25, -0.2) is 18.1 Å². The Hall–Kier alpha value is -1.18. The maximum Gasteiger partial charge on any atom is 0.246 e. The van der Waals surface area contributed by atoms with Crippen LogP contribution in [0.4, 0.5) is 0 Å². The number of rotatable bonds is 0. The summed E-state index contributed by atoms with van der Waals surface area (Å²) in [7, 11) is -3.52. The van der Waals surface area contributed by atoms with Crippen LogP contribution >= 0.6 is 0 Å². The van der Waals surface area contributed by atoms with Crippen molar-refractivity contribution in [2.24, 2.45) is 0 Å². The molecule has 0 amide bonds. The van der Waals surface area contributed by atoms with Gasteiger partial charge in [0.05, 0.1) is 19.8 Å². The van der Waals surface area contributed by atoms with Crippen molar-refractivity contribution in [1.82, 2.24) is 9.71 Å². The van der Waals surface area contributed by atoms with Crippen LogP contribution in [0.15, 0.2) is 23.2 Å². The predicted octanol–water partition coefficient (Wildman–Crippen LogP) is -0.479. The molecule has 1 aromatic heterocycles. The number of sulfonamides is 1. The highest BCUT2D eigenvalue weighted by Gasteiger charge is 2.45. The molecule has 0 bridgehead atoms. The summed E-state index contributed by atoms with van der Waals surface area (Å²) in [6, 6.07) is 3.04. The van der Waals surface area contributed by atoms with Gasteiger partial charge in [0.25, 0.3) is 0 Å². The van der Waals surface area contributed by atoms with E-state index in [1.54, 1.807) is 6.07 Å². The summed E-state index contributed by atoms with van der Waals surface area (Å²) in [5.74, 6) is 0.149. The summed E-state index contributed by atoms with van der Waals surface area (Å²) >= 11 is 0. The van der Waals surface area contributed by atoms with Crippen molar-refractivity contribution >= 4 is 10.0 Å². The van der Waals surface area contributed by atoms with Crippen LogP contribution in [0, 0.1) is 0 Å². The van der Waals surface area contributed by atoms with Crippen LogP contribution in [0.3, 0.4) is 0 Å². The lowest BCUT2D eigenvalue weighted by atomic mass is 10.0. The Labute approximate surface area is 92.6 Å². The monoisotopic (exact) mass is 242 g/mol. The molecule has 3 heterocycles. The molecule has 0 aliphatic carbocycles. The molecule has 7 heteroatoms. The van der Waals surface area contributed by atoms with Crippen molar-refractivity contribution in [3.8, 4) is 5.88 Å². The van der Waals surface area contributed by atoms with E-state index in [1.807, 2.05) is 0 Å². The maximum absolute atomic E-state index is 11.8. The molecule has 1 aromatic rings. The summed E-state index contributed by atoms with van der Waals surface area (Å²) in [6.45, 7) is 0.975. The minimum atomic E-state index is -3.52. The van der Waals surface area contributed by atoms with E-state index in [4.69, 9.17) is 9.47 Å². The predicted molar refractivity (Wildman–Crippen MR) is 53.6 cm³/mol. The summed E-state index contributed by atoms with van der Waals surface area (Å²) in [6.07, 6.45) is 1.51. The van der Waals surface area contributed by atoms with E-state index in [0.29, 0.717) is 13.2 Å². The zero-order valence-corrected chi connectivity index (χ0v) is 9.16. The third-order valence-electron chi connectivity index (χ3n) is 2.65. The summed E-state index contributed by atoms with van der Waals surface area (Å²) < 4.78 is 36.9. The number of hydrogen-bond acceptors (Lipinski definition) is 5. The SMILES string of the molecule is O=S1(=O)NCC2(COC2)Oc2ncccc21. The van der Waals surface area contributed by atoms with Crippen molar-refractivity contribution in [2.75, 3.05) is 19.8 Å². The largest absolute Gasteiger partial charge is 0.464 e. The molecule has 1 fully saturated rings. The third kappa shape index (κ3) is 1.40. The quantitative estimate of drug-likeness (QED) is 0.665. The fourth-order valence-electron chi connectivity index (χ4n) is 1.69. The first-order valence-electron chi connectivity index (χ1n) is 4.83. The fraction of sp³-hybridized carbons (Fsp3) is 0.444. The Bertz CT molecular complexity index is 524. The maximum atomic E-state index is 11.8. The number of pyridine rings is 1. The molecule has 1 N–H and O–H groups in total. The van der Waals surface area contributed by atoms with Crippen LogP contribution in [0.25, 0.3) is 0 Å². The fourth-order valence-corrected chi connectivity index (χ4v) is 2.88. The molecule has 0 aromatic carbocycles. The lowest BCUT2D eigenvalue weighted by Crippen LogP contribution is -2.59. The second-order valence-corrected chi connectivity index (χ2v) is 5.64. The van der Waals surface area contributed by atoms with Crippen molar-refractivity contribution in [3.05, 3.63) is 18.3 Å². The molecular weight excluding hydrogens is 232 g/mol. The second kappa shape index (κ2) is 3.16. The van der Waals surface area contributed by atoms with Crippen LogP contribution in [0.1, 0.15) is 0 Å². The van der Waals surface area contributed by atoms with Gasteiger partial charge in [0.15, 0.2) is 5.60 Å². The van der Waals surface area contributed by atoms with Gasteiger partial charge in [-0.05, 0) is 12.1 Å². The number of nitrogens with one attached hydrogen (secondary N) is 1. The van der Waals surface area contributed by atoms with Gasteiger partial charge in [0.2, 0.25) is 15.9 Å². The third-order valence-corrected chi connectivity index (χ3v) is 4.07. The molecule has 86 valence electrons. The van der Waals surface area contributed by atoms with Gasteiger partial charge in [-0.1, -0.05) is 0 Å². The number of fused-ring (bicyclic) bond motifs is 1. The normalized spacial score (nSPS) is 25.0. The van der Waals surface area contributed by atoms with Gasteiger partial charge in [-0.2, -0.15) is 0 Å². The molecule has 2 aliphatic heterocycles. The van der Waals surface area contributed by atoms with Crippen molar-refractivity contribution in [2.45, 2.75) is 10.5 Å². The van der Waals surface area contributed by atoms with E-state index in [2.05, 4.69) is 9.71 Å². The summed E-state index contributed by atoms with van der Waals surface area (Å²) in [5, 5.41) is 0. The number of hydrogen-bond donors (Lipinski definition) is 1. The topological polar surface area (TPSA) is 77.5 Å². The first-order chi connectivity index (χ1) is 7.61. The van der Waals surface area contributed by atoms with E-state index in [0.717, 1.165) is 0 Å². The van der Waals surface area contributed by atoms with Gasteiger partial charge < -0.3 is 9.47 Å². The molecule has 0 radical (unpaired) electrons. The highest BCUT2D eigenvalue weighted by atomic mass is 32.2. The molecule has 6 nitrogen and oxygen atoms in total. The molecule has 1 saturated heterocycles. The van der Waals surface area contributed by atoms with Crippen LogP contribution < -0.4 is 9.46 Å². The Morgan fingerprint density at radius 1 is 1.44 bits per heavy atom. The van der Waals surface area contributed by atoms with Gasteiger partial charge in [0.1, 0.15) is 4.90 Å². The Balaban J connectivity index is 2.11. The number of nitrogens with zero attached hydrogens (tertiary/aromatic N) is 1. The molecule has 1 spiro atoms. The molecule has 16 heavy (non-hydrogen) atoms. The van der Waals surface area contributed by atoms with Crippen molar-refractivity contribution in [1.29, 1.82) is 0 Å².